The van der Waals surface area contributed by atoms with Crippen molar-refractivity contribution in [3.63, 3.8) is 0 Å². The maximum Gasteiger partial charge on any atom is 0.472 e. The van der Waals surface area contributed by atoms with E-state index in [-0.39, 0.29) is 12.8 Å². The highest BCUT2D eigenvalue weighted by Crippen LogP contribution is 2.47. The Bertz CT molecular complexity index is 980. The number of phosphoric acid groups is 1. The summed E-state index contributed by atoms with van der Waals surface area (Å²) in [6.45, 7) is 2.98. The highest BCUT2D eigenvalue weighted by Gasteiger charge is 2.51. The number of hydrogen-bond donors (Lipinski definition) is 6. The summed E-state index contributed by atoms with van der Waals surface area (Å²) in [5.41, 5.74) is 0. The third-order valence-electron chi connectivity index (χ3n) is 9.36. The van der Waals surface area contributed by atoms with Gasteiger partial charge in [-0.25, -0.2) is 4.57 Å². The summed E-state index contributed by atoms with van der Waals surface area (Å²) in [6, 6.07) is 0. The SMILES string of the molecule is CCCCCCCCCC/C=C\CCCCCCCCCCCC(=O)OC(COC(=O)CCCC)COP(=O)(O)OC1C(O)C(O)C(O)C(O)C1O. The quantitative estimate of drug-likeness (QED) is 0.0192. The molecule has 0 spiro atoms. The van der Waals surface area contributed by atoms with Crippen molar-refractivity contribution in [2.24, 2.45) is 0 Å². The Hall–Kier alpha value is -1.41. The minimum absolute atomic E-state index is 0.0959. The van der Waals surface area contributed by atoms with Crippen LogP contribution >= 0.6 is 7.82 Å². The molecule has 13 nitrogen and oxygen atoms in total. The van der Waals surface area contributed by atoms with Crippen LogP contribution in [0.1, 0.15) is 162 Å². The predicted molar refractivity (Wildman–Crippen MR) is 198 cm³/mol. The fourth-order valence-electron chi connectivity index (χ4n) is 6.02. The molecule has 1 aliphatic carbocycles. The van der Waals surface area contributed by atoms with Crippen LogP contribution < -0.4 is 0 Å². The van der Waals surface area contributed by atoms with E-state index in [1.165, 1.54) is 83.5 Å². The normalized spacial score (nSPS) is 23.8. The second-order valence-corrected chi connectivity index (χ2v) is 15.5. The number of allylic oxidation sites excluding steroid dienone is 2. The van der Waals surface area contributed by atoms with Gasteiger partial charge in [0.15, 0.2) is 6.10 Å². The molecule has 0 saturated heterocycles. The van der Waals surface area contributed by atoms with Gasteiger partial charge in [-0.1, -0.05) is 122 Å². The lowest BCUT2D eigenvalue weighted by molar-refractivity contribution is -0.220. The number of unbranched alkanes of at least 4 members (excludes halogenated alkanes) is 18. The lowest BCUT2D eigenvalue weighted by Gasteiger charge is -2.41. The van der Waals surface area contributed by atoms with E-state index >= 15 is 0 Å². The first-order chi connectivity index (χ1) is 24.9. The number of ether oxygens (including phenoxy) is 2. The van der Waals surface area contributed by atoms with Crippen LogP contribution in [0.3, 0.4) is 0 Å². The molecule has 0 bridgehead atoms. The first-order valence-corrected chi connectivity index (χ1v) is 21.5. The number of esters is 2. The molecule has 6 N–H and O–H groups in total. The number of hydrogen-bond acceptors (Lipinski definition) is 12. The van der Waals surface area contributed by atoms with E-state index in [0.717, 1.165) is 38.5 Å². The Balaban J connectivity index is 2.28. The molecule has 1 aliphatic rings. The molecule has 6 atom stereocenters. The summed E-state index contributed by atoms with van der Waals surface area (Å²) in [5, 5.41) is 49.6. The monoisotopic (exact) mass is 766 g/mol. The Morgan fingerprint density at radius 3 is 1.50 bits per heavy atom. The number of aliphatic hydroxyl groups is 5. The minimum Gasteiger partial charge on any atom is -0.462 e. The Morgan fingerprint density at radius 1 is 0.577 bits per heavy atom. The average Bonchev–Trinajstić information content (AvgIpc) is 3.12. The summed E-state index contributed by atoms with van der Waals surface area (Å²) >= 11 is 0. The highest BCUT2D eigenvalue weighted by molar-refractivity contribution is 7.47. The fourth-order valence-corrected chi connectivity index (χ4v) is 7.00. The molecule has 0 radical (unpaired) electrons. The number of phosphoric ester groups is 1. The van der Waals surface area contributed by atoms with Gasteiger partial charge in [0, 0.05) is 12.8 Å². The summed E-state index contributed by atoms with van der Waals surface area (Å²) in [4.78, 5) is 34.8. The van der Waals surface area contributed by atoms with Crippen molar-refractivity contribution in [2.45, 2.75) is 204 Å². The van der Waals surface area contributed by atoms with Crippen molar-refractivity contribution in [3.8, 4) is 0 Å². The molecule has 0 aromatic rings. The van der Waals surface area contributed by atoms with Crippen molar-refractivity contribution in [1.82, 2.24) is 0 Å². The molecule has 0 heterocycles. The first kappa shape index (κ1) is 48.6. The minimum atomic E-state index is -5.09. The lowest BCUT2D eigenvalue weighted by Crippen LogP contribution is -2.64. The molecule has 1 rings (SSSR count). The molecule has 0 aromatic carbocycles. The fraction of sp³-hybridized carbons (Fsp3) is 0.895. The predicted octanol–water partition coefficient (Wildman–Crippen LogP) is 6.33. The van der Waals surface area contributed by atoms with Crippen molar-refractivity contribution < 1.29 is 63.1 Å². The molecule has 0 amide bonds. The van der Waals surface area contributed by atoms with E-state index in [1.54, 1.807) is 0 Å². The zero-order valence-electron chi connectivity index (χ0n) is 31.9. The van der Waals surface area contributed by atoms with Gasteiger partial charge >= 0.3 is 19.8 Å². The van der Waals surface area contributed by atoms with Gasteiger partial charge in [0.25, 0.3) is 0 Å². The van der Waals surface area contributed by atoms with Crippen LogP contribution in [0.5, 0.6) is 0 Å². The van der Waals surface area contributed by atoms with Gasteiger partial charge < -0.3 is 39.9 Å². The Labute approximate surface area is 312 Å². The van der Waals surface area contributed by atoms with Crippen molar-refractivity contribution >= 4 is 19.8 Å². The van der Waals surface area contributed by atoms with E-state index in [2.05, 4.69) is 19.1 Å². The van der Waals surface area contributed by atoms with Crippen LogP contribution in [0, 0.1) is 0 Å². The summed E-state index contributed by atoms with van der Waals surface area (Å²) in [5.74, 6) is -1.14. The van der Waals surface area contributed by atoms with E-state index in [4.69, 9.17) is 18.5 Å². The number of rotatable bonds is 32. The van der Waals surface area contributed by atoms with E-state index < -0.39 is 75.7 Å². The van der Waals surface area contributed by atoms with Gasteiger partial charge in [-0.3, -0.25) is 18.6 Å². The Kier molecular flexibility index (Phi) is 27.9. The number of carbonyl (C=O) groups excluding carboxylic acids is 2. The summed E-state index contributed by atoms with van der Waals surface area (Å²) < 4.78 is 32.9. The second-order valence-electron chi connectivity index (χ2n) is 14.1. The maximum atomic E-state index is 12.6. The standard InChI is InChI=1S/C38H71O13P/c1-3-5-7-8-9-10-11-12-13-14-15-16-17-18-19-20-21-22-23-24-25-27-32(40)50-30(28-48-31(39)26-6-4-2)29-49-52(46,47)51-38-36(44)34(42)33(41)35(43)37(38)45/h14-15,30,33-38,41-45H,3-13,16-29H2,1-2H3,(H,46,47)/b15-14-. The van der Waals surface area contributed by atoms with Crippen molar-refractivity contribution in [2.75, 3.05) is 13.2 Å². The topological polar surface area (TPSA) is 210 Å². The zero-order valence-corrected chi connectivity index (χ0v) is 32.8. The second kappa shape index (κ2) is 29.9. The average molecular weight is 767 g/mol. The third-order valence-corrected chi connectivity index (χ3v) is 10.3. The summed E-state index contributed by atoms with van der Waals surface area (Å²) in [7, 11) is -5.09. The van der Waals surface area contributed by atoms with E-state index in [1.807, 2.05) is 6.92 Å². The molecule has 6 unspecified atom stereocenters. The van der Waals surface area contributed by atoms with Crippen LogP contribution in [-0.4, -0.2) is 98.3 Å². The summed E-state index contributed by atoms with van der Waals surface area (Å²) in [6.07, 6.45) is 15.9. The molecule has 52 heavy (non-hydrogen) atoms. The third kappa shape index (κ3) is 22.7. The van der Waals surface area contributed by atoms with Gasteiger partial charge in [0.05, 0.1) is 6.61 Å². The highest BCUT2D eigenvalue weighted by atomic mass is 31.2. The van der Waals surface area contributed by atoms with Gasteiger partial charge in [-0.15, -0.1) is 0 Å². The number of carbonyl (C=O) groups is 2. The molecule has 14 heteroatoms. The van der Waals surface area contributed by atoms with Gasteiger partial charge in [-0.2, -0.15) is 0 Å². The molecular formula is C38H71O13P. The van der Waals surface area contributed by atoms with Crippen molar-refractivity contribution in [1.29, 1.82) is 0 Å². The maximum absolute atomic E-state index is 12.6. The van der Waals surface area contributed by atoms with E-state index in [9.17, 15) is 44.6 Å². The molecule has 0 aromatic heterocycles. The molecule has 1 fully saturated rings. The lowest BCUT2D eigenvalue weighted by atomic mass is 9.85. The van der Waals surface area contributed by atoms with Crippen molar-refractivity contribution in [3.05, 3.63) is 12.2 Å². The van der Waals surface area contributed by atoms with E-state index in [0.29, 0.717) is 12.8 Å². The van der Waals surface area contributed by atoms with Gasteiger partial charge in [0.1, 0.15) is 43.2 Å². The van der Waals surface area contributed by atoms with Crippen LogP contribution in [0.4, 0.5) is 0 Å². The molecular weight excluding hydrogens is 695 g/mol. The molecule has 306 valence electrons. The molecule has 1 saturated carbocycles. The molecule has 0 aliphatic heterocycles. The van der Waals surface area contributed by atoms with Crippen LogP contribution in [0.25, 0.3) is 0 Å². The smallest absolute Gasteiger partial charge is 0.462 e. The zero-order chi connectivity index (χ0) is 38.6. The largest absolute Gasteiger partial charge is 0.472 e. The van der Waals surface area contributed by atoms with Crippen LogP contribution in [-0.2, 0) is 32.7 Å². The first-order valence-electron chi connectivity index (χ1n) is 20.0. The van der Waals surface area contributed by atoms with Gasteiger partial charge in [0.2, 0.25) is 0 Å². The van der Waals surface area contributed by atoms with Crippen LogP contribution in [0.15, 0.2) is 12.2 Å². The number of aliphatic hydroxyl groups excluding tert-OH is 5. The van der Waals surface area contributed by atoms with Gasteiger partial charge in [-0.05, 0) is 38.5 Å². The Morgan fingerprint density at radius 2 is 1.00 bits per heavy atom. The van der Waals surface area contributed by atoms with Crippen LogP contribution in [0.2, 0.25) is 0 Å².